The van der Waals surface area contributed by atoms with Crippen LogP contribution in [0.15, 0.2) is 53.1 Å². The summed E-state index contributed by atoms with van der Waals surface area (Å²) < 4.78 is 24.2. The zero-order valence-electron chi connectivity index (χ0n) is 16.7. The largest absolute Gasteiger partial charge is 0.489 e. The minimum Gasteiger partial charge on any atom is -0.489 e. The smallest absolute Gasteiger partial charge is 0.258 e. The number of primary amides is 1. The Hall–Kier alpha value is -3.68. The summed E-state index contributed by atoms with van der Waals surface area (Å²) >= 11 is 0. The number of hydrogen-bond acceptors (Lipinski definition) is 5. The quantitative estimate of drug-likeness (QED) is 0.611. The van der Waals surface area contributed by atoms with Gasteiger partial charge in [0.15, 0.2) is 0 Å². The number of benzene rings is 2. The Kier molecular flexibility index (Phi) is 6.46. The first-order valence-electron chi connectivity index (χ1n) is 9.35. The van der Waals surface area contributed by atoms with Gasteiger partial charge >= 0.3 is 0 Å². The monoisotopic (exact) mass is 411 g/mol. The molecule has 0 atom stereocenters. The van der Waals surface area contributed by atoms with Crippen molar-refractivity contribution >= 4 is 17.5 Å². The number of aromatic nitrogens is 1. The lowest BCUT2D eigenvalue weighted by atomic mass is 10.1. The van der Waals surface area contributed by atoms with Crippen molar-refractivity contribution in [3.63, 3.8) is 0 Å². The number of carbonyl (C=O) groups excluding carboxylic acids is 2. The molecular weight excluding hydrogens is 389 g/mol. The Bertz CT molecular complexity index is 1030. The first-order valence-corrected chi connectivity index (χ1v) is 9.35. The maximum absolute atomic E-state index is 13.3. The second-order valence-electron chi connectivity index (χ2n) is 6.77. The SMILES string of the molecule is Cc1noc(C)c1COc1cccc(C(=O)N(CCC(N)=O)c2ccc(F)cc2)c1. The van der Waals surface area contributed by atoms with Crippen molar-refractivity contribution < 1.29 is 23.2 Å². The van der Waals surface area contributed by atoms with E-state index in [-0.39, 0.29) is 25.5 Å². The van der Waals surface area contributed by atoms with E-state index >= 15 is 0 Å². The molecule has 3 aromatic rings. The molecule has 2 amide bonds. The molecule has 0 unspecified atom stereocenters. The van der Waals surface area contributed by atoms with Crippen LogP contribution in [0.1, 0.15) is 33.8 Å². The van der Waals surface area contributed by atoms with E-state index in [1.54, 1.807) is 31.2 Å². The van der Waals surface area contributed by atoms with Crippen LogP contribution in [0.4, 0.5) is 10.1 Å². The van der Waals surface area contributed by atoms with Gasteiger partial charge in [-0.25, -0.2) is 4.39 Å². The predicted octanol–water partition coefficient (Wildman–Crippen LogP) is 3.53. The first-order chi connectivity index (χ1) is 14.3. The molecule has 1 heterocycles. The summed E-state index contributed by atoms with van der Waals surface area (Å²) in [5.74, 6) is -0.142. The molecule has 3 rings (SSSR count). The van der Waals surface area contributed by atoms with Crippen LogP contribution >= 0.6 is 0 Å². The van der Waals surface area contributed by atoms with E-state index in [9.17, 15) is 14.0 Å². The van der Waals surface area contributed by atoms with Crippen molar-refractivity contribution in [2.24, 2.45) is 5.73 Å². The Morgan fingerprint density at radius 1 is 1.17 bits per heavy atom. The van der Waals surface area contributed by atoms with Crippen LogP contribution in [0, 0.1) is 19.7 Å². The fraction of sp³-hybridized carbons (Fsp3) is 0.227. The van der Waals surface area contributed by atoms with E-state index < -0.39 is 11.7 Å². The second-order valence-corrected chi connectivity index (χ2v) is 6.77. The van der Waals surface area contributed by atoms with E-state index in [1.165, 1.54) is 29.2 Å². The molecule has 0 aliphatic rings. The lowest BCUT2D eigenvalue weighted by Gasteiger charge is -2.22. The minimum absolute atomic E-state index is 0.0225. The fourth-order valence-electron chi connectivity index (χ4n) is 2.93. The fourth-order valence-corrected chi connectivity index (χ4v) is 2.93. The summed E-state index contributed by atoms with van der Waals surface area (Å²) in [6.07, 6.45) is -0.0225. The summed E-state index contributed by atoms with van der Waals surface area (Å²) in [4.78, 5) is 25.8. The van der Waals surface area contributed by atoms with Crippen molar-refractivity contribution in [2.75, 3.05) is 11.4 Å². The highest BCUT2D eigenvalue weighted by Crippen LogP contribution is 2.22. The van der Waals surface area contributed by atoms with Gasteiger partial charge in [0.2, 0.25) is 5.91 Å². The second kappa shape index (κ2) is 9.21. The van der Waals surface area contributed by atoms with Crippen LogP contribution in [0.3, 0.4) is 0 Å². The van der Waals surface area contributed by atoms with Gasteiger partial charge in [0.25, 0.3) is 5.91 Å². The van der Waals surface area contributed by atoms with E-state index in [0.717, 1.165) is 11.3 Å². The summed E-state index contributed by atoms with van der Waals surface area (Å²) in [7, 11) is 0. The molecule has 0 saturated heterocycles. The number of hydrogen-bond donors (Lipinski definition) is 1. The van der Waals surface area contributed by atoms with Crippen LogP contribution in [-0.4, -0.2) is 23.5 Å². The Morgan fingerprint density at radius 3 is 2.53 bits per heavy atom. The molecule has 0 aliphatic carbocycles. The number of nitrogens with zero attached hydrogens (tertiary/aromatic N) is 2. The normalized spacial score (nSPS) is 10.6. The molecule has 156 valence electrons. The van der Waals surface area contributed by atoms with Gasteiger partial charge in [0, 0.05) is 24.2 Å². The van der Waals surface area contributed by atoms with Crippen molar-refractivity contribution in [3.05, 3.63) is 76.9 Å². The third-order valence-corrected chi connectivity index (χ3v) is 4.61. The highest BCUT2D eigenvalue weighted by atomic mass is 19.1. The molecule has 0 spiro atoms. The van der Waals surface area contributed by atoms with Crippen LogP contribution in [0.2, 0.25) is 0 Å². The van der Waals surface area contributed by atoms with Crippen LogP contribution < -0.4 is 15.4 Å². The van der Waals surface area contributed by atoms with Gasteiger partial charge in [-0.1, -0.05) is 11.2 Å². The number of aryl methyl sites for hydroxylation is 2. The zero-order valence-corrected chi connectivity index (χ0v) is 16.7. The molecule has 2 N–H and O–H groups in total. The van der Waals surface area contributed by atoms with Crippen LogP contribution in [0.25, 0.3) is 0 Å². The van der Waals surface area contributed by atoms with Crippen molar-refractivity contribution in [3.8, 4) is 5.75 Å². The predicted molar refractivity (Wildman–Crippen MR) is 109 cm³/mol. The molecule has 0 fully saturated rings. The molecular formula is C22H22FN3O4. The third-order valence-electron chi connectivity index (χ3n) is 4.61. The van der Waals surface area contributed by atoms with Gasteiger partial charge in [0.05, 0.1) is 11.3 Å². The van der Waals surface area contributed by atoms with Gasteiger partial charge in [-0.2, -0.15) is 0 Å². The number of carbonyl (C=O) groups is 2. The first kappa shape index (κ1) is 21.0. The number of ether oxygens (including phenoxy) is 1. The van der Waals surface area contributed by atoms with Crippen LogP contribution in [0.5, 0.6) is 5.75 Å². The molecule has 1 aromatic heterocycles. The molecule has 0 bridgehead atoms. The summed E-state index contributed by atoms with van der Waals surface area (Å²) in [6.45, 7) is 3.96. The summed E-state index contributed by atoms with van der Waals surface area (Å²) in [5.41, 5.74) is 7.66. The van der Waals surface area contributed by atoms with E-state index in [1.807, 2.05) is 6.92 Å². The minimum atomic E-state index is -0.536. The lowest BCUT2D eigenvalue weighted by molar-refractivity contribution is -0.117. The molecule has 0 saturated carbocycles. The Balaban J connectivity index is 1.81. The average molecular weight is 411 g/mol. The standard InChI is InChI=1S/C22H22FN3O4/c1-14-20(15(2)30-25-14)13-29-19-5-3-4-16(12-19)22(28)26(11-10-21(24)27)18-8-6-17(23)7-9-18/h3-9,12H,10-11,13H2,1-2H3,(H2,24,27). The Morgan fingerprint density at radius 2 is 1.90 bits per heavy atom. The number of amides is 2. The molecule has 0 aliphatic heterocycles. The van der Waals surface area contributed by atoms with Crippen molar-refractivity contribution in [1.29, 1.82) is 0 Å². The molecule has 8 heteroatoms. The van der Waals surface area contributed by atoms with Gasteiger partial charge in [-0.15, -0.1) is 0 Å². The van der Waals surface area contributed by atoms with Crippen molar-refractivity contribution in [2.45, 2.75) is 26.9 Å². The van der Waals surface area contributed by atoms with Gasteiger partial charge in [0.1, 0.15) is 23.9 Å². The third kappa shape index (κ3) is 5.02. The van der Waals surface area contributed by atoms with Gasteiger partial charge in [-0.05, 0) is 56.3 Å². The number of rotatable bonds is 8. The van der Waals surface area contributed by atoms with E-state index in [0.29, 0.717) is 22.8 Å². The molecule has 30 heavy (non-hydrogen) atoms. The van der Waals surface area contributed by atoms with Gasteiger partial charge < -0.3 is 19.9 Å². The topological polar surface area (TPSA) is 98.7 Å². The summed E-state index contributed by atoms with van der Waals surface area (Å²) in [6, 6.07) is 12.2. The number of halogens is 1. The number of anilines is 1. The molecule has 2 aromatic carbocycles. The molecule has 0 radical (unpaired) electrons. The van der Waals surface area contributed by atoms with Crippen molar-refractivity contribution in [1.82, 2.24) is 5.16 Å². The van der Waals surface area contributed by atoms with Gasteiger partial charge in [-0.3, -0.25) is 9.59 Å². The van der Waals surface area contributed by atoms with Crippen LogP contribution in [-0.2, 0) is 11.4 Å². The van der Waals surface area contributed by atoms with E-state index in [2.05, 4.69) is 5.16 Å². The maximum atomic E-state index is 13.3. The average Bonchev–Trinajstić information content (AvgIpc) is 3.05. The highest BCUT2D eigenvalue weighted by molar-refractivity contribution is 6.06. The van der Waals surface area contributed by atoms with E-state index in [4.69, 9.17) is 15.0 Å². The number of nitrogens with two attached hydrogens (primary N) is 1. The Labute approximate surface area is 173 Å². The highest BCUT2D eigenvalue weighted by Gasteiger charge is 2.19. The lowest BCUT2D eigenvalue weighted by Crippen LogP contribution is -2.34. The zero-order chi connectivity index (χ0) is 21.7. The summed E-state index contributed by atoms with van der Waals surface area (Å²) in [5, 5.41) is 3.89. The molecule has 7 nitrogen and oxygen atoms in total. The maximum Gasteiger partial charge on any atom is 0.258 e.